The van der Waals surface area contributed by atoms with E-state index in [-0.39, 0.29) is 36.3 Å². The minimum absolute atomic E-state index is 0.0658. The Morgan fingerprint density at radius 2 is 1.85 bits per heavy atom. The van der Waals surface area contributed by atoms with E-state index in [4.69, 9.17) is 12.2 Å². The van der Waals surface area contributed by atoms with Gasteiger partial charge in [0, 0.05) is 18.7 Å². The zero-order chi connectivity index (χ0) is 19.4. The molecule has 0 radical (unpaired) electrons. The molecule has 0 saturated carbocycles. The molecule has 0 spiro atoms. The summed E-state index contributed by atoms with van der Waals surface area (Å²) >= 11 is 6.41. The van der Waals surface area contributed by atoms with E-state index in [2.05, 4.69) is 5.32 Å². The predicted molar refractivity (Wildman–Crippen MR) is 108 cm³/mol. The Kier molecular flexibility index (Phi) is 5.88. The van der Waals surface area contributed by atoms with Crippen LogP contribution in [-0.2, 0) is 9.59 Å². The molecule has 1 aliphatic rings. The lowest BCUT2D eigenvalue weighted by Crippen LogP contribution is -2.31. The maximum atomic E-state index is 12.9. The molecule has 1 saturated heterocycles. The van der Waals surface area contributed by atoms with Gasteiger partial charge in [-0.05, 0) is 48.0 Å². The molecule has 0 unspecified atom stereocenters. The zero-order valence-electron chi connectivity index (χ0n) is 14.0. The van der Waals surface area contributed by atoms with Gasteiger partial charge in [-0.15, -0.1) is 0 Å². The number of nitrogens with zero attached hydrogens (tertiary/aromatic N) is 1. The normalized spacial score (nSPS) is 15.4. The van der Waals surface area contributed by atoms with Crippen LogP contribution in [0.1, 0.15) is 12.0 Å². The van der Waals surface area contributed by atoms with Crippen LogP contribution in [0.4, 0.5) is 10.1 Å². The van der Waals surface area contributed by atoms with E-state index in [1.807, 2.05) is 0 Å². The number of anilines is 1. The van der Waals surface area contributed by atoms with Crippen LogP contribution in [0.25, 0.3) is 6.08 Å². The van der Waals surface area contributed by atoms with Crippen molar-refractivity contribution < 1.29 is 19.1 Å². The van der Waals surface area contributed by atoms with Gasteiger partial charge >= 0.3 is 0 Å². The van der Waals surface area contributed by atoms with Crippen LogP contribution < -0.4 is 5.32 Å². The summed E-state index contributed by atoms with van der Waals surface area (Å²) in [6.07, 6.45) is 1.76. The number of phenols is 1. The molecule has 2 aromatic rings. The van der Waals surface area contributed by atoms with Gasteiger partial charge in [-0.2, -0.15) is 0 Å². The number of aromatic hydroxyl groups is 1. The SMILES string of the molecule is O=C(CCN1C(=O)/C(=C/c2ccc(O)cc2)SC1=S)Nc1ccc(F)cc1. The first-order valence-electron chi connectivity index (χ1n) is 8.02. The number of benzene rings is 2. The van der Waals surface area contributed by atoms with E-state index in [9.17, 15) is 19.1 Å². The van der Waals surface area contributed by atoms with E-state index < -0.39 is 0 Å². The Balaban J connectivity index is 1.59. The molecular formula is C19H15FN2O3S2. The molecule has 1 fully saturated rings. The Labute approximate surface area is 164 Å². The van der Waals surface area contributed by atoms with E-state index in [0.717, 1.165) is 5.56 Å². The van der Waals surface area contributed by atoms with Crippen molar-refractivity contribution in [3.63, 3.8) is 0 Å². The summed E-state index contributed by atoms with van der Waals surface area (Å²) in [5.41, 5.74) is 1.25. The van der Waals surface area contributed by atoms with Gasteiger partial charge in [-0.1, -0.05) is 36.1 Å². The Hall–Kier alpha value is -2.71. The fraction of sp³-hybridized carbons (Fsp3) is 0.105. The number of thiocarbonyl (C=S) groups is 1. The van der Waals surface area contributed by atoms with E-state index in [1.165, 1.54) is 53.1 Å². The first kappa shape index (κ1) is 19.1. The molecule has 2 amide bonds. The molecule has 2 N–H and O–H groups in total. The van der Waals surface area contributed by atoms with Crippen molar-refractivity contribution >= 4 is 51.9 Å². The summed E-state index contributed by atoms with van der Waals surface area (Å²) in [4.78, 5) is 26.4. The lowest BCUT2D eigenvalue weighted by molar-refractivity contribution is -0.122. The summed E-state index contributed by atoms with van der Waals surface area (Å²) < 4.78 is 13.3. The summed E-state index contributed by atoms with van der Waals surface area (Å²) in [5.74, 6) is -0.788. The van der Waals surface area contributed by atoms with Crippen LogP contribution in [0.3, 0.4) is 0 Å². The third kappa shape index (κ3) is 4.93. The Morgan fingerprint density at radius 3 is 2.52 bits per heavy atom. The maximum Gasteiger partial charge on any atom is 0.266 e. The lowest BCUT2D eigenvalue weighted by atomic mass is 10.2. The number of nitrogens with one attached hydrogen (secondary N) is 1. The van der Waals surface area contributed by atoms with Gasteiger partial charge in [0.15, 0.2) is 0 Å². The highest BCUT2D eigenvalue weighted by Crippen LogP contribution is 2.32. The van der Waals surface area contributed by atoms with Crippen LogP contribution in [0.15, 0.2) is 53.4 Å². The highest BCUT2D eigenvalue weighted by molar-refractivity contribution is 8.26. The lowest BCUT2D eigenvalue weighted by Gasteiger charge is -2.14. The van der Waals surface area contributed by atoms with Crippen molar-refractivity contribution in [2.24, 2.45) is 0 Å². The van der Waals surface area contributed by atoms with Gasteiger partial charge in [-0.25, -0.2) is 4.39 Å². The van der Waals surface area contributed by atoms with Gasteiger partial charge in [0.1, 0.15) is 15.9 Å². The highest BCUT2D eigenvalue weighted by atomic mass is 32.2. The molecule has 27 heavy (non-hydrogen) atoms. The van der Waals surface area contributed by atoms with Gasteiger partial charge in [-0.3, -0.25) is 14.5 Å². The van der Waals surface area contributed by atoms with E-state index >= 15 is 0 Å². The molecule has 2 aromatic carbocycles. The van der Waals surface area contributed by atoms with Crippen LogP contribution in [-0.4, -0.2) is 32.7 Å². The van der Waals surface area contributed by atoms with E-state index in [1.54, 1.807) is 18.2 Å². The fourth-order valence-corrected chi connectivity index (χ4v) is 3.69. The molecule has 1 heterocycles. The van der Waals surface area contributed by atoms with Crippen LogP contribution in [0.5, 0.6) is 5.75 Å². The number of halogens is 1. The minimum atomic E-state index is -0.383. The molecule has 138 valence electrons. The largest absolute Gasteiger partial charge is 0.508 e. The molecule has 0 aliphatic carbocycles. The third-order valence-corrected chi connectivity index (χ3v) is 5.13. The quantitative estimate of drug-likeness (QED) is 0.589. The summed E-state index contributed by atoms with van der Waals surface area (Å²) in [7, 11) is 0. The number of rotatable bonds is 5. The highest BCUT2D eigenvalue weighted by Gasteiger charge is 2.32. The Morgan fingerprint density at radius 1 is 1.19 bits per heavy atom. The van der Waals surface area contributed by atoms with Crippen LogP contribution in [0.2, 0.25) is 0 Å². The molecule has 0 atom stereocenters. The summed E-state index contributed by atoms with van der Waals surface area (Å²) in [6.45, 7) is 0.157. The van der Waals surface area contributed by atoms with Crippen molar-refractivity contribution in [2.75, 3.05) is 11.9 Å². The Bertz CT molecular complexity index is 912. The summed E-state index contributed by atoms with van der Waals surface area (Å²) in [5, 5.41) is 12.0. The number of carbonyl (C=O) groups excluding carboxylic acids is 2. The smallest absolute Gasteiger partial charge is 0.266 e. The molecule has 0 aromatic heterocycles. The molecular weight excluding hydrogens is 387 g/mol. The zero-order valence-corrected chi connectivity index (χ0v) is 15.6. The first-order chi connectivity index (χ1) is 12.9. The maximum absolute atomic E-state index is 12.9. The number of hydrogen-bond donors (Lipinski definition) is 2. The second-order valence-electron chi connectivity index (χ2n) is 5.73. The minimum Gasteiger partial charge on any atom is -0.508 e. The third-order valence-electron chi connectivity index (χ3n) is 3.75. The summed E-state index contributed by atoms with van der Waals surface area (Å²) in [6, 6.07) is 11.9. The van der Waals surface area contributed by atoms with Gasteiger partial charge in [0.2, 0.25) is 5.91 Å². The van der Waals surface area contributed by atoms with Gasteiger partial charge in [0.25, 0.3) is 5.91 Å². The number of phenolic OH excluding ortho intramolecular Hbond substituents is 1. The molecule has 5 nitrogen and oxygen atoms in total. The number of carbonyl (C=O) groups is 2. The standard InChI is InChI=1S/C19H15FN2O3S2/c20-13-3-5-14(6-4-13)21-17(24)9-10-22-18(25)16(27-19(22)26)11-12-1-7-15(23)8-2-12/h1-8,11,23H,9-10H2,(H,21,24)/b16-11-. The average molecular weight is 402 g/mol. The first-order valence-corrected chi connectivity index (χ1v) is 9.25. The average Bonchev–Trinajstić information content (AvgIpc) is 2.90. The van der Waals surface area contributed by atoms with E-state index in [0.29, 0.717) is 14.9 Å². The molecule has 8 heteroatoms. The fourth-order valence-electron chi connectivity index (χ4n) is 2.38. The van der Waals surface area contributed by atoms with Gasteiger partial charge < -0.3 is 10.4 Å². The van der Waals surface area contributed by atoms with Crippen molar-refractivity contribution in [3.8, 4) is 5.75 Å². The monoisotopic (exact) mass is 402 g/mol. The van der Waals surface area contributed by atoms with Gasteiger partial charge in [0.05, 0.1) is 4.91 Å². The van der Waals surface area contributed by atoms with Crippen LogP contribution in [0, 0.1) is 5.82 Å². The molecule has 3 rings (SSSR count). The topological polar surface area (TPSA) is 69.6 Å². The second kappa shape index (κ2) is 8.32. The number of thioether (sulfide) groups is 1. The second-order valence-corrected chi connectivity index (χ2v) is 7.41. The van der Waals surface area contributed by atoms with Crippen LogP contribution >= 0.6 is 24.0 Å². The van der Waals surface area contributed by atoms with Crippen molar-refractivity contribution in [1.82, 2.24) is 4.90 Å². The molecule has 0 bridgehead atoms. The number of hydrogen-bond acceptors (Lipinski definition) is 5. The van der Waals surface area contributed by atoms with Crippen molar-refractivity contribution in [1.29, 1.82) is 0 Å². The number of amides is 2. The van der Waals surface area contributed by atoms with Crippen molar-refractivity contribution in [2.45, 2.75) is 6.42 Å². The predicted octanol–water partition coefficient (Wildman–Crippen LogP) is 3.76. The van der Waals surface area contributed by atoms with Crippen molar-refractivity contribution in [3.05, 3.63) is 64.8 Å². The molecule has 1 aliphatic heterocycles.